The van der Waals surface area contributed by atoms with Crippen LogP contribution < -0.4 is 9.57 Å². The minimum Gasteiger partial charge on any atom is -0.489 e. The summed E-state index contributed by atoms with van der Waals surface area (Å²) in [6.45, 7) is 2.60. The first kappa shape index (κ1) is 25.8. The molecular formula is C32H25ClN4O2. The standard InChI is InChI=1S/C32H25ClN4O2/c1-23-5-4-6-25(19-23)21-38-29-15-9-24(10-16-29)8-12-28(14-13-27-7-2-3-18-34-27)37-39-32-30-17-11-26(33)20-31(30)35-22-36-32/h2-20,22H,21H2,1H3/b12-8+,14-13+,37-28-. The molecule has 5 rings (SSSR count). The number of allylic oxidation sites excluding steroid dienone is 2. The molecule has 0 aliphatic heterocycles. The quantitative estimate of drug-likeness (QED) is 0.143. The summed E-state index contributed by atoms with van der Waals surface area (Å²) < 4.78 is 5.94. The van der Waals surface area contributed by atoms with Crippen LogP contribution in [0.5, 0.6) is 11.6 Å². The van der Waals surface area contributed by atoms with E-state index in [0.717, 1.165) is 22.6 Å². The van der Waals surface area contributed by atoms with E-state index in [-0.39, 0.29) is 0 Å². The summed E-state index contributed by atoms with van der Waals surface area (Å²) in [6, 6.07) is 27.2. The van der Waals surface area contributed by atoms with Gasteiger partial charge in [0.05, 0.1) is 16.6 Å². The van der Waals surface area contributed by atoms with E-state index in [1.165, 1.54) is 11.9 Å². The SMILES string of the molecule is Cc1cccc(COc2ccc(/C=C/C(/C=C/c3ccccn3)=N/Oc3ncnc4cc(Cl)ccc34)cc2)c1. The van der Waals surface area contributed by atoms with Crippen molar-refractivity contribution in [2.45, 2.75) is 13.5 Å². The van der Waals surface area contributed by atoms with Gasteiger partial charge in [-0.25, -0.2) is 4.98 Å². The van der Waals surface area contributed by atoms with Gasteiger partial charge in [-0.05, 0) is 78.7 Å². The third-order valence-corrected chi connectivity index (χ3v) is 5.96. The van der Waals surface area contributed by atoms with Gasteiger partial charge in [0.1, 0.15) is 24.4 Å². The van der Waals surface area contributed by atoms with E-state index in [0.29, 0.717) is 34.1 Å². The largest absolute Gasteiger partial charge is 0.489 e. The number of aromatic nitrogens is 3. The Bertz CT molecular complexity index is 1650. The van der Waals surface area contributed by atoms with E-state index in [2.05, 4.69) is 45.2 Å². The van der Waals surface area contributed by atoms with E-state index in [9.17, 15) is 0 Å². The Morgan fingerprint density at radius 2 is 1.74 bits per heavy atom. The molecule has 0 radical (unpaired) electrons. The maximum Gasteiger partial charge on any atom is 0.259 e. The van der Waals surface area contributed by atoms with Crippen LogP contribution in [0.2, 0.25) is 5.02 Å². The zero-order valence-electron chi connectivity index (χ0n) is 21.2. The van der Waals surface area contributed by atoms with E-state index in [1.54, 1.807) is 18.3 Å². The van der Waals surface area contributed by atoms with Crippen LogP contribution in [0.4, 0.5) is 0 Å². The molecule has 7 heteroatoms. The van der Waals surface area contributed by atoms with Gasteiger partial charge in [-0.2, -0.15) is 4.98 Å². The molecule has 0 N–H and O–H groups in total. The molecule has 192 valence electrons. The number of halogens is 1. The molecule has 0 amide bonds. The van der Waals surface area contributed by atoms with Crippen LogP contribution >= 0.6 is 11.6 Å². The number of pyridine rings is 1. The highest BCUT2D eigenvalue weighted by Crippen LogP contribution is 2.24. The lowest BCUT2D eigenvalue weighted by Crippen LogP contribution is -1.97. The second-order valence-electron chi connectivity index (χ2n) is 8.72. The first-order valence-electron chi connectivity index (χ1n) is 12.3. The number of ether oxygens (including phenoxy) is 1. The maximum atomic E-state index is 6.10. The average Bonchev–Trinajstić information content (AvgIpc) is 2.96. The Morgan fingerprint density at radius 3 is 2.56 bits per heavy atom. The predicted octanol–water partition coefficient (Wildman–Crippen LogP) is 7.73. The average molecular weight is 533 g/mol. The van der Waals surface area contributed by atoms with Gasteiger partial charge in [0.25, 0.3) is 5.88 Å². The molecule has 6 nitrogen and oxygen atoms in total. The van der Waals surface area contributed by atoms with Gasteiger partial charge in [-0.3, -0.25) is 4.98 Å². The monoisotopic (exact) mass is 532 g/mol. The normalized spacial score (nSPS) is 11.9. The zero-order valence-corrected chi connectivity index (χ0v) is 22.0. The molecule has 0 saturated heterocycles. The van der Waals surface area contributed by atoms with E-state index < -0.39 is 0 Å². The minimum atomic E-state index is 0.337. The molecule has 0 spiro atoms. The molecule has 2 aromatic heterocycles. The Hall–Kier alpha value is -4.81. The van der Waals surface area contributed by atoms with E-state index >= 15 is 0 Å². The smallest absolute Gasteiger partial charge is 0.259 e. The Balaban J connectivity index is 1.33. The minimum absolute atomic E-state index is 0.337. The molecule has 3 aromatic carbocycles. The summed E-state index contributed by atoms with van der Waals surface area (Å²) in [4.78, 5) is 18.6. The second kappa shape index (κ2) is 12.6. The van der Waals surface area contributed by atoms with Gasteiger partial charge in [0.2, 0.25) is 0 Å². The Kier molecular flexibility index (Phi) is 8.36. The van der Waals surface area contributed by atoms with Crippen LogP contribution in [0.1, 0.15) is 22.4 Å². The van der Waals surface area contributed by atoms with Crippen molar-refractivity contribution in [3.63, 3.8) is 0 Å². The van der Waals surface area contributed by atoms with Crippen LogP contribution in [-0.2, 0) is 6.61 Å². The fraction of sp³-hybridized carbons (Fsp3) is 0.0625. The van der Waals surface area contributed by atoms with E-state index in [4.69, 9.17) is 21.2 Å². The Labute approximate surface area is 231 Å². The summed E-state index contributed by atoms with van der Waals surface area (Å²) in [5.41, 5.74) is 5.39. The number of rotatable bonds is 9. The summed E-state index contributed by atoms with van der Waals surface area (Å²) >= 11 is 6.10. The third kappa shape index (κ3) is 7.37. The van der Waals surface area contributed by atoms with Crippen molar-refractivity contribution in [1.29, 1.82) is 0 Å². The maximum absolute atomic E-state index is 6.10. The molecule has 39 heavy (non-hydrogen) atoms. The highest BCUT2D eigenvalue weighted by Gasteiger charge is 2.06. The van der Waals surface area contributed by atoms with Crippen LogP contribution in [0.25, 0.3) is 23.1 Å². The van der Waals surface area contributed by atoms with Crippen molar-refractivity contribution in [2.24, 2.45) is 5.16 Å². The summed E-state index contributed by atoms with van der Waals surface area (Å²) in [5, 5.41) is 5.65. The van der Waals surface area contributed by atoms with Crippen molar-refractivity contribution >= 4 is 40.4 Å². The number of fused-ring (bicyclic) bond motifs is 1. The number of aryl methyl sites for hydroxylation is 1. The molecule has 0 bridgehead atoms. The molecule has 0 atom stereocenters. The highest BCUT2D eigenvalue weighted by atomic mass is 35.5. The fourth-order valence-corrected chi connectivity index (χ4v) is 3.93. The summed E-state index contributed by atoms with van der Waals surface area (Å²) in [7, 11) is 0. The predicted molar refractivity (Wildman–Crippen MR) is 157 cm³/mol. The highest BCUT2D eigenvalue weighted by molar-refractivity contribution is 6.31. The lowest BCUT2D eigenvalue weighted by atomic mass is 10.1. The van der Waals surface area contributed by atoms with Crippen LogP contribution in [0, 0.1) is 6.92 Å². The van der Waals surface area contributed by atoms with Gasteiger partial charge in [-0.1, -0.05) is 70.9 Å². The van der Waals surface area contributed by atoms with Crippen LogP contribution in [-0.4, -0.2) is 20.7 Å². The van der Waals surface area contributed by atoms with Crippen molar-refractivity contribution in [1.82, 2.24) is 15.0 Å². The van der Waals surface area contributed by atoms with Gasteiger partial charge >= 0.3 is 0 Å². The summed E-state index contributed by atoms with van der Waals surface area (Å²) in [6.07, 6.45) is 10.7. The third-order valence-electron chi connectivity index (χ3n) is 5.73. The Morgan fingerprint density at radius 1 is 0.872 bits per heavy atom. The summed E-state index contributed by atoms with van der Waals surface area (Å²) in [5.74, 6) is 1.14. The molecular weight excluding hydrogens is 508 g/mol. The lowest BCUT2D eigenvalue weighted by molar-refractivity contribution is 0.306. The van der Waals surface area contributed by atoms with Crippen molar-refractivity contribution in [2.75, 3.05) is 0 Å². The van der Waals surface area contributed by atoms with Crippen LogP contribution in [0.15, 0.2) is 115 Å². The van der Waals surface area contributed by atoms with Gasteiger partial charge < -0.3 is 9.57 Å². The van der Waals surface area contributed by atoms with E-state index in [1.807, 2.05) is 78.9 Å². The number of benzene rings is 3. The first-order valence-corrected chi connectivity index (χ1v) is 12.7. The molecule has 0 fully saturated rings. The topological polar surface area (TPSA) is 69.5 Å². The number of nitrogens with zero attached hydrogens (tertiary/aromatic N) is 4. The number of hydrogen-bond acceptors (Lipinski definition) is 6. The number of hydrogen-bond donors (Lipinski definition) is 0. The molecule has 2 heterocycles. The molecule has 0 aliphatic rings. The first-order chi connectivity index (χ1) is 19.1. The molecule has 0 saturated carbocycles. The van der Waals surface area contributed by atoms with Crippen molar-refractivity contribution < 1.29 is 9.57 Å². The second-order valence-corrected chi connectivity index (χ2v) is 9.15. The van der Waals surface area contributed by atoms with Gasteiger partial charge in [-0.15, -0.1) is 0 Å². The van der Waals surface area contributed by atoms with Crippen molar-refractivity contribution in [3.8, 4) is 11.6 Å². The molecule has 0 unspecified atom stereocenters. The fourth-order valence-electron chi connectivity index (χ4n) is 3.76. The molecule has 5 aromatic rings. The zero-order chi connectivity index (χ0) is 26.9. The van der Waals surface area contributed by atoms with Crippen LogP contribution in [0.3, 0.4) is 0 Å². The van der Waals surface area contributed by atoms with Gasteiger partial charge in [0.15, 0.2) is 0 Å². The molecule has 0 aliphatic carbocycles. The van der Waals surface area contributed by atoms with Crippen molar-refractivity contribution in [3.05, 3.63) is 137 Å². The number of oxime groups is 1. The van der Waals surface area contributed by atoms with Gasteiger partial charge in [0, 0.05) is 11.2 Å². The lowest BCUT2D eigenvalue weighted by Gasteiger charge is -2.07.